The predicted molar refractivity (Wildman–Crippen MR) is 71.4 cm³/mol. The molecular formula is C15H19NO3. The van der Waals surface area contributed by atoms with Gasteiger partial charge in [0.05, 0.1) is 0 Å². The number of benzene rings is 1. The van der Waals surface area contributed by atoms with E-state index in [1.165, 1.54) is 4.90 Å². The van der Waals surface area contributed by atoms with E-state index in [4.69, 9.17) is 4.74 Å². The van der Waals surface area contributed by atoms with Crippen LogP contribution in [0.5, 0.6) is 0 Å². The Labute approximate surface area is 113 Å². The maximum atomic E-state index is 12.3. The number of imide groups is 1. The quantitative estimate of drug-likeness (QED) is 0.821. The van der Waals surface area contributed by atoms with Crippen LogP contribution >= 0.6 is 0 Å². The average molecular weight is 261 g/mol. The Morgan fingerprint density at radius 1 is 1.32 bits per heavy atom. The van der Waals surface area contributed by atoms with E-state index in [1.54, 1.807) is 0 Å². The van der Waals surface area contributed by atoms with Crippen molar-refractivity contribution in [1.82, 2.24) is 4.90 Å². The fraction of sp³-hybridized carbons (Fsp3) is 0.467. The number of ether oxygens (including phenoxy) is 1. The van der Waals surface area contributed by atoms with Crippen LogP contribution in [-0.2, 0) is 9.53 Å². The highest BCUT2D eigenvalue weighted by Crippen LogP contribution is 2.30. The van der Waals surface area contributed by atoms with Crippen LogP contribution in [0.1, 0.15) is 38.8 Å². The number of amides is 2. The highest BCUT2D eigenvalue weighted by Gasteiger charge is 2.39. The number of hydrogen-bond donors (Lipinski definition) is 0. The lowest BCUT2D eigenvalue weighted by molar-refractivity contribution is -0.131. The van der Waals surface area contributed by atoms with Crippen molar-refractivity contribution < 1.29 is 14.3 Å². The normalized spacial score (nSPS) is 19.4. The SMILES string of the molecule is CC(C)(C)CC(=O)N1C(=O)OCC1c1ccccc1. The number of cyclic esters (lactones) is 1. The smallest absolute Gasteiger partial charge is 0.417 e. The molecule has 0 aliphatic carbocycles. The van der Waals surface area contributed by atoms with Gasteiger partial charge in [0, 0.05) is 6.42 Å². The molecule has 1 aromatic rings. The molecule has 1 aromatic carbocycles. The lowest BCUT2D eigenvalue weighted by atomic mass is 9.91. The van der Waals surface area contributed by atoms with Gasteiger partial charge in [-0.2, -0.15) is 0 Å². The number of carbonyl (C=O) groups excluding carboxylic acids is 2. The first-order valence-corrected chi connectivity index (χ1v) is 6.42. The monoisotopic (exact) mass is 261 g/mol. The van der Waals surface area contributed by atoms with Gasteiger partial charge in [-0.1, -0.05) is 51.1 Å². The summed E-state index contributed by atoms with van der Waals surface area (Å²) in [7, 11) is 0. The van der Waals surface area contributed by atoms with Gasteiger partial charge < -0.3 is 4.74 Å². The molecule has 2 amide bonds. The molecule has 19 heavy (non-hydrogen) atoms. The Morgan fingerprint density at radius 3 is 2.53 bits per heavy atom. The van der Waals surface area contributed by atoms with Crippen molar-refractivity contribution in [2.45, 2.75) is 33.2 Å². The zero-order valence-corrected chi connectivity index (χ0v) is 11.6. The molecule has 1 aliphatic heterocycles. The largest absolute Gasteiger partial charge is 0.446 e. The van der Waals surface area contributed by atoms with Crippen LogP contribution in [-0.4, -0.2) is 23.5 Å². The fourth-order valence-electron chi connectivity index (χ4n) is 2.16. The molecule has 0 radical (unpaired) electrons. The van der Waals surface area contributed by atoms with Crippen LogP contribution in [0, 0.1) is 5.41 Å². The molecule has 102 valence electrons. The molecule has 4 nitrogen and oxygen atoms in total. The highest BCUT2D eigenvalue weighted by atomic mass is 16.6. The van der Waals surface area contributed by atoms with Crippen LogP contribution in [0.2, 0.25) is 0 Å². The number of hydrogen-bond acceptors (Lipinski definition) is 3. The van der Waals surface area contributed by atoms with Gasteiger partial charge in [0.15, 0.2) is 0 Å². The second kappa shape index (κ2) is 5.03. The number of carbonyl (C=O) groups is 2. The van der Waals surface area contributed by atoms with E-state index < -0.39 is 6.09 Å². The first-order chi connectivity index (χ1) is 8.88. The predicted octanol–water partition coefficient (Wildman–Crippen LogP) is 3.14. The maximum Gasteiger partial charge on any atom is 0.417 e. The Bertz CT molecular complexity index is 476. The minimum absolute atomic E-state index is 0.152. The molecule has 0 bridgehead atoms. The van der Waals surface area contributed by atoms with E-state index in [9.17, 15) is 9.59 Å². The van der Waals surface area contributed by atoms with E-state index in [2.05, 4.69) is 0 Å². The van der Waals surface area contributed by atoms with Crippen LogP contribution in [0.4, 0.5) is 4.79 Å². The molecule has 1 saturated heterocycles. The van der Waals surface area contributed by atoms with Crippen LogP contribution in [0.25, 0.3) is 0 Å². The molecule has 0 spiro atoms. The van der Waals surface area contributed by atoms with Crippen LogP contribution < -0.4 is 0 Å². The summed E-state index contributed by atoms with van der Waals surface area (Å²) in [6.07, 6.45) is -0.214. The van der Waals surface area contributed by atoms with E-state index >= 15 is 0 Å². The summed E-state index contributed by atoms with van der Waals surface area (Å²) in [6, 6.07) is 9.20. The average Bonchev–Trinajstić information content (AvgIpc) is 2.70. The van der Waals surface area contributed by atoms with E-state index in [0.29, 0.717) is 6.42 Å². The Balaban J connectivity index is 2.21. The maximum absolute atomic E-state index is 12.3. The highest BCUT2D eigenvalue weighted by molar-refractivity contribution is 5.94. The van der Waals surface area contributed by atoms with Gasteiger partial charge in [0.1, 0.15) is 12.6 Å². The van der Waals surface area contributed by atoms with Crippen molar-refractivity contribution in [2.75, 3.05) is 6.61 Å². The summed E-state index contributed by atoms with van der Waals surface area (Å²) in [4.78, 5) is 25.3. The molecule has 1 heterocycles. The van der Waals surface area contributed by atoms with Gasteiger partial charge in [-0.3, -0.25) is 4.79 Å². The summed E-state index contributed by atoms with van der Waals surface area (Å²) in [5, 5.41) is 0. The zero-order chi connectivity index (χ0) is 14.0. The minimum Gasteiger partial charge on any atom is -0.446 e. The molecular weight excluding hydrogens is 242 g/mol. The molecule has 4 heteroatoms. The van der Waals surface area contributed by atoms with Gasteiger partial charge >= 0.3 is 6.09 Å². The van der Waals surface area contributed by atoms with Gasteiger partial charge in [-0.05, 0) is 11.0 Å². The molecule has 1 atom stereocenters. The Hall–Kier alpha value is -1.84. The third-order valence-corrected chi connectivity index (χ3v) is 3.01. The molecule has 0 N–H and O–H groups in total. The number of rotatable bonds is 2. The molecule has 1 unspecified atom stereocenters. The van der Waals surface area contributed by atoms with Crippen molar-refractivity contribution in [2.24, 2.45) is 5.41 Å². The standard InChI is InChI=1S/C15H19NO3/c1-15(2,3)9-13(17)16-12(10-19-14(16)18)11-7-5-4-6-8-11/h4-8,12H,9-10H2,1-3H3. The zero-order valence-electron chi connectivity index (χ0n) is 11.6. The summed E-state index contributed by atoms with van der Waals surface area (Å²) in [5.74, 6) is -0.177. The van der Waals surface area contributed by atoms with Gasteiger partial charge in [-0.25, -0.2) is 9.69 Å². The summed E-state index contributed by atoms with van der Waals surface area (Å²) in [5.41, 5.74) is 0.775. The third kappa shape index (κ3) is 3.13. The molecule has 1 fully saturated rings. The van der Waals surface area contributed by atoms with Crippen molar-refractivity contribution in [3.63, 3.8) is 0 Å². The van der Waals surface area contributed by atoms with E-state index in [0.717, 1.165) is 5.56 Å². The van der Waals surface area contributed by atoms with Crippen LogP contribution in [0.15, 0.2) is 30.3 Å². The van der Waals surface area contributed by atoms with Crippen LogP contribution in [0.3, 0.4) is 0 Å². The Kier molecular flexibility index (Phi) is 3.60. The van der Waals surface area contributed by atoms with Crippen molar-refractivity contribution in [1.29, 1.82) is 0 Å². The first-order valence-electron chi connectivity index (χ1n) is 6.42. The summed E-state index contributed by atoms with van der Waals surface area (Å²) in [6.45, 7) is 6.16. The molecule has 1 aliphatic rings. The molecule has 0 aromatic heterocycles. The van der Waals surface area contributed by atoms with Crippen molar-refractivity contribution in [3.05, 3.63) is 35.9 Å². The lowest BCUT2D eigenvalue weighted by Crippen LogP contribution is -2.36. The van der Waals surface area contributed by atoms with Gasteiger partial charge in [0.25, 0.3) is 0 Å². The summed E-state index contributed by atoms with van der Waals surface area (Å²) < 4.78 is 5.03. The molecule has 2 rings (SSSR count). The van der Waals surface area contributed by atoms with Gasteiger partial charge in [-0.15, -0.1) is 0 Å². The van der Waals surface area contributed by atoms with Crippen molar-refractivity contribution >= 4 is 12.0 Å². The Morgan fingerprint density at radius 2 is 1.95 bits per heavy atom. The second-order valence-corrected chi connectivity index (χ2v) is 6.00. The third-order valence-electron chi connectivity index (χ3n) is 3.01. The minimum atomic E-state index is -0.539. The molecule has 0 saturated carbocycles. The van der Waals surface area contributed by atoms with Gasteiger partial charge in [0.2, 0.25) is 5.91 Å². The fourth-order valence-corrected chi connectivity index (χ4v) is 2.16. The number of nitrogens with zero attached hydrogens (tertiary/aromatic N) is 1. The second-order valence-electron chi connectivity index (χ2n) is 6.00. The van der Waals surface area contributed by atoms with E-state index in [-0.39, 0.29) is 24.0 Å². The van der Waals surface area contributed by atoms with Crippen molar-refractivity contribution in [3.8, 4) is 0 Å². The first kappa shape index (κ1) is 13.6. The topological polar surface area (TPSA) is 46.6 Å². The van der Waals surface area contributed by atoms with E-state index in [1.807, 2.05) is 51.1 Å². The lowest BCUT2D eigenvalue weighted by Gasteiger charge is -2.24. The summed E-state index contributed by atoms with van der Waals surface area (Å²) >= 11 is 0.